The molecule has 0 spiro atoms. The van der Waals surface area contributed by atoms with Crippen molar-refractivity contribution in [1.29, 1.82) is 0 Å². The Kier molecular flexibility index (Phi) is 4.95. The molecule has 2 aromatic rings. The summed E-state index contributed by atoms with van der Waals surface area (Å²) in [4.78, 5) is 10.7. The summed E-state index contributed by atoms with van der Waals surface area (Å²) in [5, 5.41) is 17.4. The molecular weight excluding hydrogens is 293 g/mol. The molecule has 1 unspecified atom stereocenters. The van der Waals surface area contributed by atoms with Gasteiger partial charge in [0.05, 0.1) is 5.75 Å². The lowest BCUT2D eigenvalue weighted by atomic mass is 10.1. The van der Waals surface area contributed by atoms with Gasteiger partial charge in [-0.3, -0.25) is 4.79 Å². The standard InChI is InChI=1S/C14H16FN3O2S/c1-9(7-11-3-5-12(15)6-4-11)18-10(2)16-17-14(18)21-8-13(19)20/h3-6,9H,7-8H2,1-2H3,(H,19,20). The first-order chi connectivity index (χ1) is 9.97. The molecule has 0 fully saturated rings. The van der Waals surface area contributed by atoms with Gasteiger partial charge in [-0.1, -0.05) is 23.9 Å². The average Bonchev–Trinajstić information content (AvgIpc) is 2.80. The maximum Gasteiger partial charge on any atom is 0.313 e. The van der Waals surface area contributed by atoms with Crippen LogP contribution in [0, 0.1) is 12.7 Å². The summed E-state index contributed by atoms with van der Waals surface area (Å²) in [5.74, 6) is -0.470. The average molecular weight is 309 g/mol. The summed E-state index contributed by atoms with van der Waals surface area (Å²) in [6, 6.07) is 6.41. The number of benzene rings is 1. The van der Waals surface area contributed by atoms with Gasteiger partial charge in [0.1, 0.15) is 11.6 Å². The van der Waals surface area contributed by atoms with Gasteiger partial charge in [0.25, 0.3) is 0 Å². The zero-order valence-electron chi connectivity index (χ0n) is 11.8. The van der Waals surface area contributed by atoms with E-state index in [9.17, 15) is 9.18 Å². The van der Waals surface area contributed by atoms with Crippen LogP contribution in [0.3, 0.4) is 0 Å². The number of carboxylic acids is 1. The number of carboxylic acid groups (broad SMARTS) is 1. The highest BCUT2D eigenvalue weighted by molar-refractivity contribution is 7.99. The van der Waals surface area contributed by atoms with Crippen LogP contribution in [0.2, 0.25) is 0 Å². The van der Waals surface area contributed by atoms with Crippen molar-refractivity contribution in [3.05, 3.63) is 41.5 Å². The van der Waals surface area contributed by atoms with Gasteiger partial charge < -0.3 is 9.67 Å². The van der Waals surface area contributed by atoms with E-state index in [4.69, 9.17) is 5.11 Å². The molecule has 0 bridgehead atoms. The molecular formula is C14H16FN3O2S. The molecule has 5 nitrogen and oxygen atoms in total. The zero-order valence-corrected chi connectivity index (χ0v) is 12.6. The highest BCUT2D eigenvalue weighted by Gasteiger charge is 2.16. The maximum absolute atomic E-state index is 12.9. The SMILES string of the molecule is Cc1nnc(SCC(=O)O)n1C(C)Cc1ccc(F)cc1. The first-order valence-electron chi connectivity index (χ1n) is 6.48. The maximum atomic E-state index is 12.9. The molecule has 112 valence electrons. The van der Waals surface area contributed by atoms with E-state index in [1.54, 1.807) is 12.1 Å². The summed E-state index contributed by atoms with van der Waals surface area (Å²) in [5.41, 5.74) is 1.01. The van der Waals surface area contributed by atoms with Crippen LogP contribution in [0.15, 0.2) is 29.4 Å². The Balaban J connectivity index is 2.14. The normalized spacial score (nSPS) is 12.3. The third kappa shape index (κ3) is 4.04. The Labute approximate surface area is 126 Å². The lowest BCUT2D eigenvalue weighted by Gasteiger charge is -2.16. The van der Waals surface area contributed by atoms with E-state index in [-0.39, 0.29) is 17.6 Å². The summed E-state index contributed by atoms with van der Waals surface area (Å²) in [6.07, 6.45) is 0.694. The molecule has 1 atom stereocenters. The number of thioether (sulfide) groups is 1. The van der Waals surface area contributed by atoms with E-state index < -0.39 is 5.97 Å². The Hall–Kier alpha value is -1.89. The minimum atomic E-state index is -0.890. The number of rotatable bonds is 6. The second-order valence-corrected chi connectivity index (χ2v) is 5.70. The van der Waals surface area contributed by atoms with Gasteiger partial charge in [0, 0.05) is 6.04 Å². The zero-order chi connectivity index (χ0) is 15.4. The van der Waals surface area contributed by atoms with Crippen LogP contribution in [-0.2, 0) is 11.2 Å². The molecule has 1 heterocycles. The molecule has 0 radical (unpaired) electrons. The lowest BCUT2D eigenvalue weighted by Crippen LogP contribution is -2.12. The number of aliphatic carboxylic acids is 1. The van der Waals surface area contributed by atoms with E-state index >= 15 is 0 Å². The fourth-order valence-corrected chi connectivity index (χ4v) is 2.94. The number of carbonyl (C=O) groups is 1. The fraction of sp³-hybridized carbons (Fsp3) is 0.357. The summed E-state index contributed by atoms with van der Waals surface area (Å²) in [7, 11) is 0. The Morgan fingerprint density at radius 3 is 2.67 bits per heavy atom. The Morgan fingerprint density at radius 1 is 1.38 bits per heavy atom. The van der Waals surface area contributed by atoms with Crippen LogP contribution in [0.4, 0.5) is 4.39 Å². The number of hydrogen-bond donors (Lipinski definition) is 1. The first-order valence-corrected chi connectivity index (χ1v) is 7.46. The molecule has 1 aromatic heterocycles. The van der Waals surface area contributed by atoms with Crippen LogP contribution < -0.4 is 0 Å². The Bertz CT molecular complexity index is 628. The summed E-state index contributed by atoms with van der Waals surface area (Å²) >= 11 is 1.15. The summed E-state index contributed by atoms with van der Waals surface area (Å²) in [6.45, 7) is 3.84. The van der Waals surface area contributed by atoms with Crippen LogP contribution in [0.5, 0.6) is 0 Å². The van der Waals surface area contributed by atoms with Crippen LogP contribution in [0.1, 0.15) is 24.4 Å². The third-order valence-corrected chi connectivity index (χ3v) is 3.97. The van der Waals surface area contributed by atoms with Gasteiger partial charge in [0.15, 0.2) is 5.16 Å². The molecule has 21 heavy (non-hydrogen) atoms. The number of hydrogen-bond acceptors (Lipinski definition) is 4. The molecule has 0 saturated heterocycles. The van der Waals surface area contributed by atoms with Gasteiger partial charge in [-0.05, 0) is 38.0 Å². The van der Waals surface area contributed by atoms with E-state index in [0.717, 1.165) is 23.1 Å². The number of nitrogens with zero attached hydrogens (tertiary/aromatic N) is 3. The van der Waals surface area contributed by atoms with Gasteiger partial charge in [-0.15, -0.1) is 10.2 Å². The van der Waals surface area contributed by atoms with Crippen molar-refractivity contribution in [1.82, 2.24) is 14.8 Å². The van der Waals surface area contributed by atoms with Crippen molar-refractivity contribution in [3.8, 4) is 0 Å². The predicted octanol–water partition coefficient (Wildman–Crippen LogP) is 2.71. The van der Waals surface area contributed by atoms with Gasteiger partial charge in [-0.2, -0.15) is 0 Å². The van der Waals surface area contributed by atoms with Crippen molar-refractivity contribution in [2.45, 2.75) is 31.5 Å². The van der Waals surface area contributed by atoms with Crippen molar-refractivity contribution < 1.29 is 14.3 Å². The van der Waals surface area contributed by atoms with E-state index in [0.29, 0.717) is 11.6 Å². The summed E-state index contributed by atoms with van der Waals surface area (Å²) < 4.78 is 14.8. The van der Waals surface area contributed by atoms with Crippen molar-refractivity contribution in [3.63, 3.8) is 0 Å². The molecule has 0 aliphatic heterocycles. The van der Waals surface area contributed by atoms with Gasteiger partial charge in [-0.25, -0.2) is 4.39 Å². The quantitative estimate of drug-likeness (QED) is 0.831. The fourth-order valence-electron chi connectivity index (χ4n) is 2.13. The second-order valence-electron chi connectivity index (χ2n) is 4.76. The smallest absolute Gasteiger partial charge is 0.313 e. The van der Waals surface area contributed by atoms with Crippen molar-refractivity contribution in [2.75, 3.05) is 5.75 Å². The molecule has 2 rings (SSSR count). The molecule has 1 N–H and O–H groups in total. The molecule has 7 heteroatoms. The van der Waals surface area contributed by atoms with Crippen LogP contribution in [0.25, 0.3) is 0 Å². The monoisotopic (exact) mass is 309 g/mol. The number of halogens is 1. The van der Waals surface area contributed by atoms with E-state index in [2.05, 4.69) is 10.2 Å². The molecule has 0 saturated carbocycles. The predicted molar refractivity (Wildman–Crippen MR) is 77.9 cm³/mol. The second kappa shape index (κ2) is 6.71. The van der Waals surface area contributed by atoms with Crippen molar-refractivity contribution in [2.24, 2.45) is 0 Å². The third-order valence-electron chi connectivity index (χ3n) is 3.04. The molecule has 1 aromatic carbocycles. The minimum Gasteiger partial charge on any atom is -0.481 e. The van der Waals surface area contributed by atoms with E-state index in [1.807, 2.05) is 18.4 Å². The van der Waals surface area contributed by atoms with Crippen molar-refractivity contribution >= 4 is 17.7 Å². The number of aromatic nitrogens is 3. The largest absolute Gasteiger partial charge is 0.481 e. The van der Waals surface area contributed by atoms with Gasteiger partial charge in [0.2, 0.25) is 0 Å². The first kappa shape index (κ1) is 15.5. The lowest BCUT2D eigenvalue weighted by molar-refractivity contribution is -0.133. The highest BCUT2D eigenvalue weighted by Crippen LogP contribution is 2.23. The number of aryl methyl sites for hydroxylation is 1. The Morgan fingerprint density at radius 2 is 2.05 bits per heavy atom. The van der Waals surface area contributed by atoms with E-state index in [1.165, 1.54) is 12.1 Å². The van der Waals surface area contributed by atoms with Crippen LogP contribution >= 0.6 is 11.8 Å². The topological polar surface area (TPSA) is 68.0 Å². The molecule has 0 aliphatic carbocycles. The molecule has 0 aliphatic rings. The molecule has 0 amide bonds. The highest BCUT2D eigenvalue weighted by atomic mass is 32.2. The van der Waals surface area contributed by atoms with Gasteiger partial charge >= 0.3 is 5.97 Å². The van der Waals surface area contributed by atoms with Crippen LogP contribution in [-0.4, -0.2) is 31.6 Å². The minimum absolute atomic E-state index is 0.0542.